The number of benzene rings is 2. The van der Waals surface area contributed by atoms with E-state index in [2.05, 4.69) is 75.5 Å². The van der Waals surface area contributed by atoms with Crippen molar-refractivity contribution in [3.05, 3.63) is 56.3 Å². The molecule has 0 fully saturated rings. The van der Waals surface area contributed by atoms with Crippen molar-refractivity contribution in [3.8, 4) is 0 Å². The second-order valence-corrected chi connectivity index (χ2v) is 17.4. The van der Waals surface area contributed by atoms with Gasteiger partial charge in [-0.25, -0.2) is 4.58 Å². The molecule has 7 rings (SSSR count). The summed E-state index contributed by atoms with van der Waals surface area (Å²) in [6.45, 7) is 24.3. The fourth-order valence-corrected chi connectivity index (χ4v) is 9.09. The number of amides is 2. The van der Waals surface area contributed by atoms with Crippen molar-refractivity contribution in [2.24, 2.45) is 0 Å². The molecule has 8 nitrogen and oxygen atoms in total. The minimum atomic E-state index is -0.337. The van der Waals surface area contributed by atoms with E-state index in [1.807, 2.05) is 12.1 Å². The molecule has 0 atom stereocenters. The summed E-state index contributed by atoms with van der Waals surface area (Å²) in [5.74, 6) is -1.16. The van der Waals surface area contributed by atoms with Gasteiger partial charge in [0.05, 0.1) is 16.9 Å². The normalized spacial score (nSPS) is 23.6. The van der Waals surface area contributed by atoms with Crippen LogP contribution < -0.4 is 35.8 Å². The van der Waals surface area contributed by atoms with E-state index in [9.17, 15) is 19.5 Å². The lowest BCUT2D eigenvalue weighted by molar-refractivity contribution is -0.292. The number of hydrogen-bond donors (Lipinski definition) is 2. The molecular formula is C40H50N4O4. The Kier molecular flexibility index (Phi) is 6.99. The van der Waals surface area contributed by atoms with E-state index in [1.165, 1.54) is 13.8 Å². The predicted molar refractivity (Wildman–Crippen MR) is 190 cm³/mol. The number of ketones is 1. The van der Waals surface area contributed by atoms with Crippen LogP contribution in [0.15, 0.2) is 17.9 Å². The first-order valence-electron chi connectivity index (χ1n) is 17.6. The van der Waals surface area contributed by atoms with Gasteiger partial charge in [0.2, 0.25) is 17.2 Å². The third-order valence-corrected chi connectivity index (χ3v) is 12.1. The van der Waals surface area contributed by atoms with Gasteiger partial charge < -0.3 is 20.6 Å². The molecule has 0 bridgehead atoms. The number of anilines is 3. The summed E-state index contributed by atoms with van der Waals surface area (Å²) in [4.78, 5) is 42.6. The highest BCUT2D eigenvalue weighted by Gasteiger charge is 2.46. The van der Waals surface area contributed by atoms with Gasteiger partial charge in [-0.1, -0.05) is 61.1 Å². The average molecular weight is 651 g/mol. The number of carbonyl (C=O) groups excluding carboxylic acids is 3. The number of allylic oxidation sites excluding steroid dienone is 2. The van der Waals surface area contributed by atoms with Crippen LogP contribution >= 0.6 is 0 Å². The topological polar surface area (TPSA) is 105 Å². The van der Waals surface area contributed by atoms with E-state index in [-0.39, 0.29) is 56.2 Å². The van der Waals surface area contributed by atoms with Crippen LogP contribution in [0, 0.1) is 0 Å². The number of Topliss-reactive ketones (excluding diaryl/α,β-unsaturated/α-hetero) is 1. The van der Waals surface area contributed by atoms with Crippen LogP contribution in [0.25, 0.3) is 11.1 Å². The summed E-state index contributed by atoms with van der Waals surface area (Å²) in [7, 11) is 0. The molecule has 5 aliphatic rings. The van der Waals surface area contributed by atoms with Crippen molar-refractivity contribution in [1.29, 1.82) is 0 Å². The lowest BCUT2D eigenvalue weighted by Crippen LogP contribution is -2.54. The molecule has 0 unspecified atom stereocenters. The van der Waals surface area contributed by atoms with Crippen LogP contribution in [0.3, 0.4) is 0 Å². The summed E-state index contributed by atoms with van der Waals surface area (Å²) < 4.78 is 2.41. The van der Waals surface area contributed by atoms with E-state index < -0.39 is 0 Å². The SMILES string of the molecule is CC(=O)Nc1c(C2=C([O-])/C(=c3/cc4c5c(c3NC(C)=O)C(C)(C)CC[N+]=5CCC4(C)C)C2=O)cc2c3c1C(C)(C)CCN3CCC2(C)C. The molecule has 0 saturated carbocycles. The molecule has 8 heteroatoms. The molecule has 4 heterocycles. The minimum Gasteiger partial charge on any atom is -0.871 e. The molecule has 0 aromatic heterocycles. The average Bonchev–Trinajstić information content (AvgIpc) is 2.96. The lowest BCUT2D eigenvalue weighted by Gasteiger charge is -2.49. The van der Waals surface area contributed by atoms with E-state index in [4.69, 9.17) is 0 Å². The first kappa shape index (κ1) is 32.6. The molecular weight excluding hydrogens is 600 g/mol. The Labute approximate surface area is 284 Å². The largest absolute Gasteiger partial charge is 0.871 e. The summed E-state index contributed by atoms with van der Waals surface area (Å²) in [5, 5.41) is 22.5. The van der Waals surface area contributed by atoms with Crippen molar-refractivity contribution >= 4 is 45.8 Å². The smallest absolute Gasteiger partial charge is 0.221 e. The standard InChI is InChI=1S/C40H50N4O4/c1-21(45)41-31-23(19-25-33-29(31)39(7,8)13-17-43(33)15-11-37(25,3)4)27-35(47)28(36(27)48)24-20-26-34-30(32(24)42-22(2)46)40(9,10)14-18-44(34)16-12-38(26,5)6/h19-20H,11-18H2,1-10H3,(H2,41,42,45,46,47,48). The lowest BCUT2D eigenvalue weighted by atomic mass is 9.66. The molecule has 2 aromatic carbocycles. The Morgan fingerprint density at radius 3 is 1.88 bits per heavy atom. The molecule has 254 valence electrons. The van der Waals surface area contributed by atoms with Gasteiger partial charge in [-0.05, 0) is 41.4 Å². The Hall–Kier alpha value is -3.94. The number of nitrogens with zero attached hydrogens (tertiary/aromatic N) is 2. The van der Waals surface area contributed by atoms with Gasteiger partial charge >= 0.3 is 0 Å². The first-order valence-corrected chi connectivity index (χ1v) is 17.6. The monoisotopic (exact) mass is 650 g/mol. The van der Waals surface area contributed by atoms with Crippen LogP contribution in [0.4, 0.5) is 17.1 Å². The van der Waals surface area contributed by atoms with Gasteiger partial charge in [-0.2, -0.15) is 0 Å². The summed E-state index contributed by atoms with van der Waals surface area (Å²) in [5.41, 5.74) is 6.33. The zero-order valence-corrected chi connectivity index (χ0v) is 30.3. The number of nitrogens with one attached hydrogen (secondary N) is 2. The van der Waals surface area contributed by atoms with Gasteiger partial charge in [0, 0.05) is 89.4 Å². The maximum atomic E-state index is 14.6. The van der Waals surface area contributed by atoms with Crippen LogP contribution in [0.1, 0.15) is 123 Å². The van der Waals surface area contributed by atoms with E-state index in [0.29, 0.717) is 22.2 Å². The third kappa shape index (κ3) is 4.61. The van der Waals surface area contributed by atoms with Crippen molar-refractivity contribution in [2.45, 2.75) is 117 Å². The highest BCUT2D eigenvalue weighted by atomic mass is 16.3. The number of hydrogen-bond acceptors (Lipinski definition) is 5. The maximum Gasteiger partial charge on any atom is 0.221 e. The van der Waals surface area contributed by atoms with Crippen molar-refractivity contribution in [2.75, 3.05) is 41.7 Å². The van der Waals surface area contributed by atoms with Crippen LogP contribution in [0.5, 0.6) is 0 Å². The zero-order valence-electron chi connectivity index (χ0n) is 30.3. The second kappa shape index (κ2) is 10.3. The Morgan fingerprint density at radius 1 is 0.729 bits per heavy atom. The summed E-state index contributed by atoms with van der Waals surface area (Å²) in [6, 6.07) is 4.02. The predicted octanol–water partition coefficient (Wildman–Crippen LogP) is 4.13. The van der Waals surface area contributed by atoms with Gasteiger partial charge in [-0.15, -0.1) is 0 Å². The molecule has 2 N–H and O–H groups in total. The van der Waals surface area contributed by atoms with Crippen LogP contribution in [-0.4, -0.2) is 43.8 Å². The maximum absolute atomic E-state index is 14.6. The minimum absolute atomic E-state index is 0.113. The molecule has 0 radical (unpaired) electrons. The molecule has 4 aliphatic heterocycles. The van der Waals surface area contributed by atoms with E-state index >= 15 is 0 Å². The first-order chi connectivity index (χ1) is 22.3. The third-order valence-electron chi connectivity index (χ3n) is 12.1. The summed E-state index contributed by atoms with van der Waals surface area (Å²) in [6.07, 6.45) is 3.69. The van der Waals surface area contributed by atoms with Gasteiger partial charge in [0.15, 0.2) is 5.78 Å². The molecule has 48 heavy (non-hydrogen) atoms. The zero-order chi connectivity index (χ0) is 34.9. The highest BCUT2D eigenvalue weighted by molar-refractivity contribution is 6.52. The van der Waals surface area contributed by atoms with Crippen LogP contribution in [0.2, 0.25) is 0 Å². The Morgan fingerprint density at radius 2 is 1.27 bits per heavy atom. The fourth-order valence-electron chi connectivity index (χ4n) is 9.09. The highest BCUT2D eigenvalue weighted by Crippen LogP contribution is 2.55. The molecule has 1 aliphatic carbocycles. The van der Waals surface area contributed by atoms with Gasteiger partial charge in [0.1, 0.15) is 13.1 Å². The summed E-state index contributed by atoms with van der Waals surface area (Å²) >= 11 is 0. The fraction of sp³-hybridized carbons (Fsp3) is 0.550. The Bertz CT molecular complexity index is 2020. The second-order valence-electron chi connectivity index (χ2n) is 17.4. The van der Waals surface area contributed by atoms with Gasteiger partial charge in [-0.3, -0.25) is 14.4 Å². The number of rotatable bonds is 3. The molecule has 0 spiro atoms. The van der Waals surface area contributed by atoms with E-state index in [1.54, 1.807) is 0 Å². The Balaban J connectivity index is 1.59. The molecule has 0 saturated heterocycles. The quantitative estimate of drug-likeness (QED) is 0.487. The molecule has 2 amide bonds. The van der Waals surface area contributed by atoms with Crippen molar-refractivity contribution in [1.82, 2.24) is 4.58 Å². The van der Waals surface area contributed by atoms with Crippen molar-refractivity contribution < 1.29 is 19.5 Å². The van der Waals surface area contributed by atoms with Gasteiger partial charge in [0.25, 0.3) is 0 Å². The number of carbonyl (C=O) groups is 3. The van der Waals surface area contributed by atoms with E-state index in [0.717, 1.165) is 85.2 Å². The molecule has 2 aromatic rings. The van der Waals surface area contributed by atoms with Crippen LogP contribution in [-0.2, 0) is 36.0 Å². The van der Waals surface area contributed by atoms with Crippen molar-refractivity contribution in [3.63, 3.8) is 0 Å².